The van der Waals surface area contributed by atoms with Crippen molar-refractivity contribution in [1.29, 1.82) is 0 Å². The van der Waals surface area contributed by atoms with Crippen LogP contribution in [0.4, 0.5) is 5.82 Å². The fourth-order valence-corrected chi connectivity index (χ4v) is 2.46. The zero-order valence-electron chi connectivity index (χ0n) is 12.4. The molecule has 0 aliphatic carbocycles. The van der Waals surface area contributed by atoms with Crippen LogP contribution in [0.15, 0.2) is 36.9 Å². The Balaban J connectivity index is 2.13. The molecular formula is C16H19N5. The summed E-state index contributed by atoms with van der Waals surface area (Å²) < 4.78 is 2.03. The Morgan fingerprint density at radius 2 is 1.95 bits per heavy atom. The van der Waals surface area contributed by atoms with Crippen molar-refractivity contribution in [2.45, 2.75) is 26.7 Å². The lowest BCUT2D eigenvalue weighted by Crippen LogP contribution is -2.10. The average molecular weight is 281 g/mol. The predicted molar refractivity (Wildman–Crippen MR) is 84.8 cm³/mol. The molecule has 0 aliphatic heterocycles. The summed E-state index contributed by atoms with van der Waals surface area (Å²) in [4.78, 5) is 13.3. The van der Waals surface area contributed by atoms with E-state index in [0.717, 1.165) is 47.6 Å². The quantitative estimate of drug-likeness (QED) is 0.780. The molecule has 0 aliphatic rings. The Hall–Kier alpha value is -2.43. The van der Waals surface area contributed by atoms with Crippen molar-refractivity contribution in [3.8, 4) is 5.82 Å². The van der Waals surface area contributed by atoms with Gasteiger partial charge in [-0.1, -0.05) is 26.0 Å². The molecule has 0 unspecified atom stereocenters. The van der Waals surface area contributed by atoms with E-state index in [-0.39, 0.29) is 0 Å². The third-order valence-electron chi connectivity index (χ3n) is 3.50. The van der Waals surface area contributed by atoms with Crippen LogP contribution < -0.4 is 5.32 Å². The second-order valence-electron chi connectivity index (χ2n) is 4.91. The zero-order chi connectivity index (χ0) is 14.7. The highest BCUT2D eigenvalue weighted by atomic mass is 15.1. The van der Waals surface area contributed by atoms with Crippen molar-refractivity contribution in [3.05, 3.63) is 42.5 Å². The molecule has 108 valence electrons. The molecule has 2 aromatic heterocycles. The smallest absolute Gasteiger partial charge is 0.147 e. The third kappa shape index (κ3) is 2.46. The molecule has 5 nitrogen and oxygen atoms in total. The number of nitrogens with zero attached hydrogens (tertiary/aromatic N) is 4. The molecule has 0 saturated heterocycles. The summed E-state index contributed by atoms with van der Waals surface area (Å²) in [6, 6.07) is 8.08. The van der Waals surface area contributed by atoms with E-state index in [4.69, 9.17) is 0 Å². The Labute approximate surface area is 124 Å². The molecule has 0 atom stereocenters. The maximum atomic E-state index is 4.48. The van der Waals surface area contributed by atoms with Gasteiger partial charge in [-0.15, -0.1) is 0 Å². The van der Waals surface area contributed by atoms with Crippen molar-refractivity contribution < 1.29 is 0 Å². The lowest BCUT2D eigenvalue weighted by atomic mass is 10.2. The van der Waals surface area contributed by atoms with Crippen LogP contribution in [0.5, 0.6) is 0 Å². The van der Waals surface area contributed by atoms with Crippen molar-refractivity contribution in [2.24, 2.45) is 0 Å². The molecule has 0 bridgehead atoms. The monoisotopic (exact) mass is 281 g/mol. The van der Waals surface area contributed by atoms with Gasteiger partial charge in [0, 0.05) is 12.1 Å². The summed E-state index contributed by atoms with van der Waals surface area (Å²) in [5, 5.41) is 3.38. The molecule has 1 aromatic carbocycles. The molecule has 0 spiro atoms. The Kier molecular flexibility index (Phi) is 3.81. The Morgan fingerprint density at radius 1 is 1.10 bits per heavy atom. The first-order valence-corrected chi connectivity index (χ1v) is 7.35. The minimum absolute atomic E-state index is 0.870. The van der Waals surface area contributed by atoms with Crippen LogP contribution >= 0.6 is 0 Å². The molecule has 1 N–H and O–H groups in total. The largest absolute Gasteiger partial charge is 0.370 e. The van der Waals surface area contributed by atoms with Crippen LogP contribution in [0.25, 0.3) is 16.9 Å². The van der Waals surface area contributed by atoms with Gasteiger partial charge in [0.2, 0.25) is 0 Å². The topological polar surface area (TPSA) is 55.6 Å². The SMILES string of the molecule is CCCNc1ncnc(-n2cnc3ccccc32)c1CC. The van der Waals surface area contributed by atoms with Crippen molar-refractivity contribution in [3.63, 3.8) is 0 Å². The van der Waals surface area contributed by atoms with Gasteiger partial charge in [0.15, 0.2) is 0 Å². The van der Waals surface area contributed by atoms with E-state index in [9.17, 15) is 0 Å². The maximum Gasteiger partial charge on any atom is 0.147 e. The summed E-state index contributed by atoms with van der Waals surface area (Å²) in [5.41, 5.74) is 3.16. The lowest BCUT2D eigenvalue weighted by molar-refractivity contribution is 0.914. The average Bonchev–Trinajstić information content (AvgIpc) is 2.96. The lowest BCUT2D eigenvalue weighted by Gasteiger charge is -2.13. The van der Waals surface area contributed by atoms with Crippen LogP contribution in [0.1, 0.15) is 25.8 Å². The van der Waals surface area contributed by atoms with Gasteiger partial charge in [-0.25, -0.2) is 15.0 Å². The zero-order valence-corrected chi connectivity index (χ0v) is 12.4. The van der Waals surface area contributed by atoms with Crippen LogP contribution in [-0.4, -0.2) is 26.1 Å². The first kappa shape index (κ1) is 13.5. The van der Waals surface area contributed by atoms with E-state index in [1.54, 1.807) is 6.33 Å². The number of hydrogen-bond donors (Lipinski definition) is 1. The summed E-state index contributed by atoms with van der Waals surface area (Å²) in [5.74, 6) is 1.82. The molecule has 2 heterocycles. The van der Waals surface area contributed by atoms with E-state index in [1.165, 1.54) is 0 Å². The van der Waals surface area contributed by atoms with Gasteiger partial charge in [-0.3, -0.25) is 4.57 Å². The van der Waals surface area contributed by atoms with Gasteiger partial charge in [-0.05, 0) is 25.0 Å². The molecule has 3 rings (SSSR count). The van der Waals surface area contributed by atoms with E-state index in [0.29, 0.717) is 0 Å². The highest BCUT2D eigenvalue weighted by molar-refractivity contribution is 5.77. The summed E-state index contributed by atoms with van der Waals surface area (Å²) >= 11 is 0. The second kappa shape index (κ2) is 5.91. The standard InChI is InChI=1S/C16H19N5/c1-3-9-17-15-12(4-2)16(19-10-18-15)21-11-20-13-7-5-6-8-14(13)21/h5-8,10-11H,3-4,9H2,1-2H3,(H,17,18,19). The van der Waals surface area contributed by atoms with Crippen molar-refractivity contribution in [2.75, 3.05) is 11.9 Å². The normalized spacial score (nSPS) is 11.0. The second-order valence-corrected chi connectivity index (χ2v) is 4.91. The minimum atomic E-state index is 0.870. The molecule has 0 radical (unpaired) electrons. The van der Waals surface area contributed by atoms with Gasteiger partial charge in [0.05, 0.1) is 11.0 Å². The van der Waals surface area contributed by atoms with Crippen molar-refractivity contribution in [1.82, 2.24) is 19.5 Å². The molecule has 0 fully saturated rings. The fourth-order valence-electron chi connectivity index (χ4n) is 2.46. The van der Waals surface area contributed by atoms with Crippen LogP contribution in [-0.2, 0) is 6.42 Å². The number of nitrogens with one attached hydrogen (secondary N) is 1. The molecule has 5 heteroatoms. The van der Waals surface area contributed by atoms with Crippen LogP contribution in [0, 0.1) is 0 Å². The first-order valence-electron chi connectivity index (χ1n) is 7.35. The number of anilines is 1. The molecule has 0 amide bonds. The van der Waals surface area contributed by atoms with E-state index in [1.807, 2.05) is 29.1 Å². The fraction of sp³-hybridized carbons (Fsp3) is 0.312. The Morgan fingerprint density at radius 3 is 2.76 bits per heavy atom. The van der Waals surface area contributed by atoms with Gasteiger partial charge in [-0.2, -0.15) is 0 Å². The minimum Gasteiger partial charge on any atom is -0.370 e. The molecular weight excluding hydrogens is 262 g/mol. The predicted octanol–water partition coefficient (Wildman–Crippen LogP) is 3.20. The van der Waals surface area contributed by atoms with Gasteiger partial charge < -0.3 is 5.32 Å². The van der Waals surface area contributed by atoms with E-state index < -0.39 is 0 Å². The van der Waals surface area contributed by atoms with Gasteiger partial charge in [0.25, 0.3) is 0 Å². The molecule has 21 heavy (non-hydrogen) atoms. The third-order valence-corrected chi connectivity index (χ3v) is 3.50. The number of rotatable bonds is 5. The van der Waals surface area contributed by atoms with E-state index in [2.05, 4.69) is 40.2 Å². The summed E-state index contributed by atoms with van der Waals surface area (Å²) in [7, 11) is 0. The number of imidazole rings is 1. The highest BCUT2D eigenvalue weighted by Crippen LogP contribution is 2.23. The van der Waals surface area contributed by atoms with Gasteiger partial charge in [0.1, 0.15) is 24.3 Å². The molecule has 3 aromatic rings. The van der Waals surface area contributed by atoms with Crippen LogP contribution in [0.2, 0.25) is 0 Å². The number of hydrogen-bond acceptors (Lipinski definition) is 4. The van der Waals surface area contributed by atoms with E-state index >= 15 is 0 Å². The summed E-state index contributed by atoms with van der Waals surface area (Å²) in [6.07, 6.45) is 5.38. The highest BCUT2D eigenvalue weighted by Gasteiger charge is 2.13. The van der Waals surface area contributed by atoms with Gasteiger partial charge >= 0.3 is 0 Å². The summed E-state index contributed by atoms with van der Waals surface area (Å²) in [6.45, 7) is 5.18. The number of aromatic nitrogens is 4. The first-order chi connectivity index (χ1) is 10.3. The number of benzene rings is 1. The molecule has 0 saturated carbocycles. The van der Waals surface area contributed by atoms with Crippen molar-refractivity contribution >= 4 is 16.9 Å². The van der Waals surface area contributed by atoms with Crippen LogP contribution in [0.3, 0.4) is 0 Å². The number of para-hydroxylation sites is 2. The maximum absolute atomic E-state index is 4.48. The number of fused-ring (bicyclic) bond motifs is 1. The Bertz CT molecular complexity index is 747.